The molecule has 2 atom stereocenters. The molecule has 0 aromatic heterocycles. The first kappa shape index (κ1) is 6.05. The van der Waals surface area contributed by atoms with E-state index in [0.29, 0.717) is 5.92 Å². The lowest BCUT2D eigenvalue weighted by atomic mass is 10.1. The van der Waals surface area contributed by atoms with E-state index in [0.717, 1.165) is 13.0 Å². The summed E-state index contributed by atoms with van der Waals surface area (Å²) in [6.07, 6.45) is 1.22. The van der Waals surface area contributed by atoms with Gasteiger partial charge >= 0.3 is 0 Å². The first-order chi connectivity index (χ1) is 3.84. The molecule has 2 heteroatoms. The van der Waals surface area contributed by atoms with Crippen LogP contribution < -0.4 is 0 Å². The van der Waals surface area contributed by atoms with E-state index in [1.165, 1.54) is 0 Å². The maximum absolute atomic E-state index is 8.61. The van der Waals surface area contributed by atoms with Crippen molar-refractivity contribution in [2.24, 2.45) is 5.92 Å². The molecule has 1 rings (SSSR count). The van der Waals surface area contributed by atoms with Crippen molar-refractivity contribution in [3.63, 3.8) is 0 Å². The molecular formula is C6H12O2. The van der Waals surface area contributed by atoms with Gasteiger partial charge in [-0.05, 0) is 12.3 Å². The van der Waals surface area contributed by atoms with Crippen LogP contribution >= 0.6 is 0 Å². The zero-order valence-corrected chi connectivity index (χ0v) is 5.13. The van der Waals surface area contributed by atoms with Crippen LogP contribution in [0.15, 0.2) is 0 Å². The average molecular weight is 116 g/mol. The van der Waals surface area contributed by atoms with E-state index in [1.54, 1.807) is 0 Å². The SMILES string of the molecule is C[C@H]1CCO[C@H]1CO. The van der Waals surface area contributed by atoms with Crippen LogP contribution in [0.25, 0.3) is 0 Å². The predicted molar refractivity (Wildman–Crippen MR) is 30.6 cm³/mol. The van der Waals surface area contributed by atoms with Crippen molar-refractivity contribution in [3.8, 4) is 0 Å². The summed E-state index contributed by atoms with van der Waals surface area (Å²) in [5, 5.41) is 8.61. The normalized spacial score (nSPS) is 38.2. The quantitative estimate of drug-likeness (QED) is 0.537. The Morgan fingerprint density at radius 2 is 2.50 bits per heavy atom. The summed E-state index contributed by atoms with van der Waals surface area (Å²) in [7, 11) is 0. The maximum atomic E-state index is 8.61. The Labute approximate surface area is 49.5 Å². The third kappa shape index (κ3) is 1.01. The van der Waals surface area contributed by atoms with E-state index in [2.05, 4.69) is 6.92 Å². The van der Waals surface area contributed by atoms with Crippen LogP contribution in [0, 0.1) is 5.92 Å². The fourth-order valence-electron chi connectivity index (χ4n) is 0.988. The number of hydrogen-bond donors (Lipinski definition) is 1. The Morgan fingerprint density at radius 3 is 2.75 bits per heavy atom. The van der Waals surface area contributed by atoms with E-state index >= 15 is 0 Å². The largest absolute Gasteiger partial charge is 0.394 e. The lowest BCUT2D eigenvalue weighted by molar-refractivity contribution is 0.0431. The minimum atomic E-state index is 0.120. The summed E-state index contributed by atoms with van der Waals surface area (Å²) in [6, 6.07) is 0. The van der Waals surface area contributed by atoms with Crippen LogP contribution in [0.5, 0.6) is 0 Å². The van der Waals surface area contributed by atoms with E-state index in [4.69, 9.17) is 9.84 Å². The monoisotopic (exact) mass is 116 g/mol. The molecule has 8 heavy (non-hydrogen) atoms. The molecular weight excluding hydrogens is 104 g/mol. The standard InChI is InChI=1S/C6H12O2/c1-5-2-3-8-6(5)4-7/h5-7H,2-4H2,1H3/t5-,6-/m0/s1. The Balaban J connectivity index is 2.30. The third-order valence-corrected chi connectivity index (χ3v) is 1.72. The Morgan fingerprint density at radius 1 is 1.75 bits per heavy atom. The van der Waals surface area contributed by atoms with Crippen LogP contribution in [-0.2, 0) is 4.74 Å². The summed E-state index contributed by atoms with van der Waals surface area (Å²) in [5.41, 5.74) is 0. The van der Waals surface area contributed by atoms with Crippen LogP contribution in [0.4, 0.5) is 0 Å². The van der Waals surface area contributed by atoms with Gasteiger partial charge in [-0.2, -0.15) is 0 Å². The Kier molecular flexibility index (Phi) is 1.86. The van der Waals surface area contributed by atoms with Gasteiger partial charge in [0.05, 0.1) is 12.7 Å². The van der Waals surface area contributed by atoms with E-state index in [-0.39, 0.29) is 12.7 Å². The number of rotatable bonds is 1. The maximum Gasteiger partial charge on any atom is 0.0832 e. The van der Waals surface area contributed by atoms with Crippen molar-refractivity contribution in [2.75, 3.05) is 13.2 Å². The molecule has 0 saturated carbocycles. The van der Waals surface area contributed by atoms with E-state index < -0.39 is 0 Å². The minimum Gasteiger partial charge on any atom is -0.394 e. The van der Waals surface area contributed by atoms with Gasteiger partial charge in [-0.1, -0.05) is 6.92 Å². The highest BCUT2D eigenvalue weighted by atomic mass is 16.5. The second-order valence-corrected chi connectivity index (χ2v) is 2.36. The van der Waals surface area contributed by atoms with Crippen molar-refractivity contribution in [3.05, 3.63) is 0 Å². The molecule has 1 heterocycles. The van der Waals surface area contributed by atoms with Crippen molar-refractivity contribution < 1.29 is 9.84 Å². The average Bonchev–Trinajstić information content (AvgIpc) is 2.14. The number of ether oxygens (including phenoxy) is 1. The van der Waals surface area contributed by atoms with Gasteiger partial charge in [-0.25, -0.2) is 0 Å². The van der Waals surface area contributed by atoms with E-state index in [9.17, 15) is 0 Å². The highest BCUT2D eigenvalue weighted by Gasteiger charge is 2.22. The lowest BCUT2D eigenvalue weighted by Crippen LogP contribution is -2.17. The number of aliphatic hydroxyl groups excluding tert-OH is 1. The van der Waals surface area contributed by atoms with Gasteiger partial charge in [-0.15, -0.1) is 0 Å². The molecule has 48 valence electrons. The van der Waals surface area contributed by atoms with Crippen molar-refractivity contribution in [1.29, 1.82) is 0 Å². The van der Waals surface area contributed by atoms with Gasteiger partial charge in [0.15, 0.2) is 0 Å². The molecule has 1 saturated heterocycles. The van der Waals surface area contributed by atoms with Gasteiger partial charge in [-0.3, -0.25) is 0 Å². The van der Waals surface area contributed by atoms with Gasteiger partial charge in [0, 0.05) is 6.61 Å². The lowest BCUT2D eigenvalue weighted by Gasteiger charge is -2.08. The van der Waals surface area contributed by atoms with Crippen LogP contribution in [0.1, 0.15) is 13.3 Å². The van der Waals surface area contributed by atoms with E-state index in [1.807, 2.05) is 0 Å². The van der Waals surface area contributed by atoms with Gasteiger partial charge in [0.1, 0.15) is 0 Å². The Hall–Kier alpha value is -0.0800. The molecule has 1 aliphatic heterocycles. The summed E-state index contributed by atoms with van der Waals surface area (Å²) in [6.45, 7) is 3.11. The van der Waals surface area contributed by atoms with Crippen LogP contribution in [0.2, 0.25) is 0 Å². The highest BCUT2D eigenvalue weighted by Crippen LogP contribution is 2.18. The number of aliphatic hydroxyl groups is 1. The summed E-state index contributed by atoms with van der Waals surface area (Å²) in [4.78, 5) is 0. The first-order valence-corrected chi connectivity index (χ1v) is 3.07. The van der Waals surface area contributed by atoms with Crippen molar-refractivity contribution in [2.45, 2.75) is 19.4 Å². The molecule has 0 aromatic rings. The summed E-state index contributed by atoms with van der Waals surface area (Å²) in [5.74, 6) is 0.556. The highest BCUT2D eigenvalue weighted by molar-refractivity contribution is 4.70. The fourth-order valence-corrected chi connectivity index (χ4v) is 0.988. The fraction of sp³-hybridized carbons (Fsp3) is 1.00. The second kappa shape index (κ2) is 2.46. The minimum absolute atomic E-state index is 0.120. The van der Waals surface area contributed by atoms with Crippen LogP contribution in [0.3, 0.4) is 0 Å². The zero-order valence-electron chi connectivity index (χ0n) is 5.13. The first-order valence-electron chi connectivity index (χ1n) is 3.07. The smallest absolute Gasteiger partial charge is 0.0832 e. The van der Waals surface area contributed by atoms with Gasteiger partial charge < -0.3 is 9.84 Å². The molecule has 1 fully saturated rings. The van der Waals surface area contributed by atoms with Gasteiger partial charge in [0.25, 0.3) is 0 Å². The second-order valence-electron chi connectivity index (χ2n) is 2.36. The molecule has 0 bridgehead atoms. The molecule has 0 aromatic carbocycles. The molecule has 0 unspecified atom stereocenters. The Bertz CT molecular complexity index is 72.9. The molecule has 1 aliphatic rings. The molecule has 1 N–H and O–H groups in total. The number of hydrogen-bond acceptors (Lipinski definition) is 2. The van der Waals surface area contributed by atoms with Crippen molar-refractivity contribution >= 4 is 0 Å². The van der Waals surface area contributed by atoms with Gasteiger partial charge in [0.2, 0.25) is 0 Å². The molecule has 0 spiro atoms. The summed E-state index contributed by atoms with van der Waals surface area (Å²) >= 11 is 0. The zero-order chi connectivity index (χ0) is 5.98. The predicted octanol–water partition coefficient (Wildman–Crippen LogP) is 0.404. The molecule has 0 amide bonds. The van der Waals surface area contributed by atoms with Crippen molar-refractivity contribution in [1.82, 2.24) is 0 Å². The molecule has 2 nitrogen and oxygen atoms in total. The van der Waals surface area contributed by atoms with Crippen LogP contribution in [-0.4, -0.2) is 24.4 Å². The summed E-state index contributed by atoms with van der Waals surface area (Å²) < 4.78 is 5.16. The third-order valence-electron chi connectivity index (χ3n) is 1.72. The molecule has 0 radical (unpaired) electrons. The molecule has 0 aliphatic carbocycles. The topological polar surface area (TPSA) is 29.5 Å².